The van der Waals surface area contributed by atoms with Gasteiger partial charge in [-0.15, -0.1) is 0 Å². The van der Waals surface area contributed by atoms with E-state index in [2.05, 4.69) is 9.97 Å². The van der Waals surface area contributed by atoms with Gasteiger partial charge in [0, 0.05) is 13.1 Å². The van der Waals surface area contributed by atoms with Crippen molar-refractivity contribution in [1.29, 1.82) is 0 Å². The van der Waals surface area contributed by atoms with Crippen LogP contribution < -0.4 is 4.90 Å². The zero-order valence-electron chi connectivity index (χ0n) is 10.0. The zero-order chi connectivity index (χ0) is 13.4. The van der Waals surface area contributed by atoms with Gasteiger partial charge in [-0.2, -0.15) is 0 Å². The summed E-state index contributed by atoms with van der Waals surface area (Å²) < 4.78 is 5.27. The van der Waals surface area contributed by atoms with Crippen LogP contribution in [-0.4, -0.2) is 46.5 Å². The lowest BCUT2D eigenvalue weighted by Gasteiger charge is -2.29. The molecule has 19 heavy (non-hydrogen) atoms. The number of benzene rings is 1. The van der Waals surface area contributed by atoms with Crippen LogP contribution >= 0.6 is 11.6 Å². The zero-order valence-corrected chi connectivity index (χ0v) is 10.8. The van der Waals surface area contributed by atoms with Gasteiger partial charge in [0.15, 0.2) is 11.5 Å². The molecule has 7 heteroatoms. The van der Waals surface area contributed by atoms with Gasteiger partial charge in [0.25, 0.3) is 0 Å². The third-order valence-corrected chi connectivity index (χ3v) is 3.45. The number of phenolic OH excluding ortho intramolecular Hbond substituents is 2. The number of nitrogens with zero attached hydrogens (tertiary/aromatic N) is 3. The first-order valence-corrected chi connectivity index (χ1v) is 6.24. The molecule has 0 amide bonds. The summed E-state index contributed by atoms with van der Waals surface area (Å²) in [6, 6.07) is 1.70. The van der Waals surface area contributed by atoms with Gasteiger partial charge in [0.2, 0.25) is 0 Å². The lowest BCUT2D eigenvalue weighted by Crippen LogP contribution is -2.36. The molecule has 0 unspecified atom stereocenters. The van der Waals surface area contributed by atoms with Gasteiger partial charge in [-0.3, -0.25) is 0 Å². The summed E-state index contributed by atoms with van der Waals surface area (Å²) in [7, 11) is 0. The lowest BCUT2D eigenvalue weighted by atomic mass is 10.1. The highest BCUT2D eigenvalue weighted by atomic mass is 35.5. The van der Waals surface area contributed by atoms with E-state index in [0.717, 1.165) is 0 Å². The van der Waals surface area contributed by atoms with E-state index in [0.29, 0.717) is 37.5 Å². The Morgan fingerprint density at radius 3 is 2.63 bits per heavy atom. The molecular weight excluding hydrogens is 270 g/mol. The fourth-order valence-electron chi connectivity index (χ4n) is 2.19. The number of aromatic nitrogens is 2. The van der Waals surface area contributed by atoms with Crippen molar-refractivity contribution in [1.82, 2.24) is 9.97 Å². The van der Waals surface area contributed by atoms with Gasteiger partial charge in [0.1, 0.15) is 11.5 Å². The molecule has 1 fully saturated rings. The molecule has 0 aliphatic carbocycles. The second-order valence-electron chi connectivity index (χ2n) is 4.25. The molecule has 0 atom stereocenters. The Morgan fingerprint density at radius 2 is 1.89 bits per heavy atom. The summed E-state index contributed by atoms with van der Waals surface area (Å²) >= 11 is 5.92. The molecule has 2 N–H and O–H groups in total. The van der Waals surface area contributed by atoms with Crippen molar-refractivity contribution in [2.24, 2.45) is 0 Å². The van der Waals surface area contributed by atoms with Gasteiger partial charge in [-0.1, -0.05) is 11.6 Å². The normalized spacial score (nSPS) is 15.9. The van der Waals surface area contributed by atoms with E-state index in [1.54, 1.807) is 6.07 Å². The van der Waals surface area contributed by atoms with Crippen LogP contribution in [0.2, 0.25) is 5.15 Å². The van der Waals surface area contributed by atoms with Crippen molar-refractivity contribution >= 4 is 28.2 Å². The van der Waals surface area contributed by atoms with Gasteiger partial charge in [-0.05, 0) is 6.07 Å². The highest BCUT2D eigenvalue weighted by molar-refractivity contribution is 6.34. The van der Waals surface area contributed by atoms with E-state index in [-0.39, 0.29) is 22.0 Å². The number of fused-ring (bicyclic) bond motifs is 1. The van der Waals surface area contributed by atoms with E-state index < -0.39 is 0 Å². The number of rotatable bonds is 1. The fourth-order valence-corrected chi connectivity index (χ4v) is 2.42. The Labute approximate surface area is 114 Å². The number of phenols is 2. The van der Waals surface area contributed by atoms with Crippen molar-refractivity contribution in [3.63, 3.8) is 0 Å². The van der Waals surface area contributed by atoms with Crippen LogP contribution in [0.4, 0.5) is 5.69 Å². The van der Waals surface area contributed by atoms with Gasteiger partial charge < -0.3 is 19.8 Å². The number of hydrogen-bond donors (Lipinski definition) is 2. The molecule has 1 aromatic heterocycles. The maximum atomic E-state index is 10.1. The molecule has 2 heterocycles. The summed E-state index contributed by atoms with van der Waals surface area (Å²) in [6.07, 6.45) is 1.32. The first-order chi connectivity index (χ1) is 9.18. The third-order valence-electron chi connectivity index (χ3n) is 3.16. The summed E-state index contributed by atoms with van der Waals surface area (Å²) in [5, 5.41) is 20.6. The fraction of sp³-hybridized carbons (Fsp3) is 0.333. The van der Waals surface area contributed by atoms with E-state index in [1.807, 2.05) is 4.90 Å². The quantitative estimate of drug-likeness (QED) is 0.610. The van der Waals surface area contributed by atoms with Gasteiger partial charge in [0.05, 0.1) is 29.8 Å². The minimum atomic E-state index is -0.287. The maximum Gasteiger partial charge on any atom is 0.182 e. The molecule has 1 aliphatic heterocycles. The molecule has 100 valence electrons. The average molecular weight is 282 g/mol. The summed E-state index contributed by atoms with van der Waals surface area (Å²) in [5.74, 6) is -0.490. The van der Waals surface area contributed by atoms with E-state index >= 15 is 0 Å². The van der Waals surface area contributed by atoms with Crippen LogP contribution in [0.5, 0.6) is 11.5 Å². The number of halogens is 1. The largest absolute Gasteiger partial charge is 0.504 e. The summed E-state index contributed by atoms with van der Waals surface area (Å²) in [6.45, 7) is 2.47. The molecule has 0 saturated carbocycles. The Hall–Kier alpha value is -1.79. The van der Waals surface area contributed by atoms with Crippen LogP contribution in [-0.2, 0) is 4.74 Å². The topological polar surface area (TPSA) is 78.7 Å². The Bertz CT molecular complexity index is 629. The number of hydrogen-bond acceptors (Lipinski definition) is 6. The first kappa shape index (κ1) is 12.3. The Balaban J connectivity index is 2.18. The second kappa shape index (κ2) is 4.71. The van der Waals surface area contributed by atoms with Crippen LogP contribution in [0, 0.1) is 0 Å². The smallest absolute Gasteiger partial charge is 0.182 e. The number of morpholine rings is 1. The van der Waals surface area contributed by atoms with Gasteiger partial charge >= 0.3 is 0 Å². The molecule has 0 spiro atoms. The first-order valence-electron chi connectivity index (χ1n) is 5.86. The van der Waals surface area contributed by atoms with Crippen molar-refractivity contribution < 1.29 is 14.9 Å². The molecule has 1 aliphatic rings. The Morgan fingerprint density at radius 1 is 1.16 bits per heavy atom. The standard InChI is InChI=1S/C12H12ClN3O3/c13-12-9-7(14-6-15-12)5-8(10(17)11(9)18)16-1-3-19-4-2-16/h5-6,17-18H,1-4H2. The van der Waals surface area contributed by atoms with Crippen LogP contribution in [0.15, 0.2) is 12.4 Å². The van der Waals surface area contributed by atoms with Crippen molar-refractivity contribution in [2.75, 3.05) is 31.2 Å². The molecule has 1 aromatic carbocycles. The number of anilines is 1. The minimum absolute atomic E-state index is 0.117. The Kier molecular flexibility index (Phi) is 3.04. The highest BCUT2D eigenvalue weighted by Crippen LogP contribution is 2.43. The SMILES string of the molecule is Oc1c(N2CCOCC2)cc2ncnc(Cl)c2c1O. The molecule has 1 saturated heterocycles. The molecule has 0 radical (unpaired) electrons. The van der Waals surface area contributed by atoms with E-state index in [4.69, 9.17) is 16.3 Å². The van der Waals surface area contributed by atoms with Crippen LogP contribution in [0.25, 0.3) is 10.9 Å². The molecule has 0 bridgehead atoms. The van der Waals surface area contributed by atoms with Crippen LogP contribution in [0.3, 0.4) is 0 Å². The third kappa shape index (κ3) is 2.02. The van der Waals surface area contributed by atoms with Crippen molar-refractivity contribution in [2.45, 2.75) is 0 Å². The molecule has 6 nitrogen and oxygen atoms in total. The average Bonchev–Trinajstić information content (AvgIpc) is 2.43. The van der Waals surface area contributed by atoms with Crippen LogP contribution in [0.1, 0.15) is 0 Å². The summed E-state index contributed by atoms with van der Waals surface area (Å²) in [5.41, 5.74) is 1.03. The number of aromatic hydroxyl groups is 2. The van der Waals surface area contributed by atoms with E-state index in [1.165, 1.54) is 6.33 Å². The molecule has 3 rings (SSSR count). The summed E-state index contributed by atoms with van der Waals surface area (Å²) in [4.78, 5) is 9.81. The molecule has 2 aromatic rings. The van der Waals surface area contributed by atoms with Crippen molar-refractivity contribution in [3.8, 4) is 11.5 Å². The maximum absolute atomic E-state index is 10.1. The molecular formula is C12H12ClN3O3. The monoisotopic (exact) mass is 281 g/mol. The number of ether oxygens (including phenoxy) is 1. The minimum Gasteiger partial charge on any atom is -0.504 e. The van der Waals surface area contributed by atoms with E-state index in [9.17, 15) is 10.2 Å². The van der Waals surface area contributed by atoms with Crippen molar-refractivity contribution in [3.05, 3.63) is 17.5 Å². The lowest BCUT2D eigenvalue weighted by molar-refractivity contribution is 0.122. The predicted octanol–water partition coefficient (Wildman–Crippen LogP) is 1.53. The van der Waals surface area contributed by atoms with Gasteiger partial charge in [-0.25, -0.2) is 9.97 Å². The second-order valence-corrected chi connectivity index (χ2v) is 4.61. The predicted molar refractivity (Wildman–Crippen MR) is 70.9 cm³/mol. The highest BCUT2D eigenvalue weighted by Gasteiger charge is 2.21.